The summed E-state index contributed by atoms with van der Waals surface area (Å²) in [5.41, 5.74) is 7.15. The predicted molar refractivity (Wildman–Crippen MR) is 87.0 cm³/mol. The lowest BCUT2D eigenvalue weighted by Gasteiger charge is -2.09. The van der Waals surface area contributed by atoms with Crippen LogP contribution in [0.15, 0.2) is 27.6 Å². The van der Waals surface area contributed by atoms with E-state index in [9.17, 15) is 8.42 Å². The van der Waals surface area contributed by atoms with Crippen LogP contribution < -0.4 is 5.73 Å². The van der Waals surface area contributed by atoms with E-state index < -0.39 is 9.84 Å². The number of aryl methyl sites for hydroxylation is 2. The second kappa shape index (κ2) is 5.98. The van der Waals surface area contributed by atoms with Crippen LogP contribution in [0.1, 0.15) is 18.3 Å². The van der Waals surface area contributed by atoms with Crippen LogP contribution in [0.5, 0.6) is 0 Å². The Bertz CT molecular complexity index is 787. The topological polar surface area (TPSA) is 78.0 Å². The number of anilines is 1. The summed E-state index contributed by atoms with van der Waals surface area (Å²) in [4.78, 5) is 0.0900. The van der Waals surface area contributed by atoms with E-state index in [1.54, 1.807) is 19.2 Å². The molecule has 0 atom stereocenters. The third-order valence-corrected chi connectivity index (χ3v) is 5.75. The third-order valence-electron chi connectivity index (χ3n) is 3.14. The summed E-state index contributed by atoms with van der Waals surface area (Å²) in [7, 11) is -1.93. The Morgan fingerprint density at radius 2 is 2.10 bits per heavy atom. The number of rotatable bonds is 4. The number of nitrogens with two attached hydrogens (primary N) is 1. The summed E-state index contributed by atoms with van der Waals surface area (Å²) in [5.74, 6) is -0.240. The van der Waals surface area contributed by atoms with Gasteiger partial charge in [0, 0.05) is 11.5 Å². The molecule has 0 aliphatic rings. The standard InChI is InChI=1S/C13H15BrClN3O2S/c1-3-10-13(15)11(18(2)17-10)7-21(19,20)12-6-8(14)4-5-9(12)16/h4-6H,3,7,16H2,1-2H3. The van der Waals surface area contributed by atoms with Crippen molar-refractivity contribution in [1.29, 1.82) is 0 Å². The molecule has 8 heteroatoms. The summed E-state index contributed by atoms with van der Waals surface area (Å²) in [6.07, 6.45) is 0.645. The van der Waals surface area contributed by atoms with Gasteiger partial charge >= 0.3 is 0 Å². The number of aromatic nitrogens is 2. The lowest BCUT2D eigenvalue weighted by Crippen LogP contribution is -2.11. The van der Waals surface area contributed by atoms with Crippen LogP contribution in [-0.2, 0) is 29.1 Å². The van der Waals surface area contributed by atoms with Gasteiger partial charge in [-0.25, -0.2) is 8.42 Å². The maximum atomic E-state index is 12.6. The Balaban J connectivity index is 2.47. The Labute approximate surface area is 137 Å². The molecule has 0 aliphatic heterocycles. The zero-order valence-electron chi connectivity index (χ0n) is 11.6. The van der Waals surface area contributed by atoms with E-state index in [2.05, 4.69) is 21.0 Å². The van der Waals surface area contributed by atoms with Gasteiger partial charge in [0.25, 0.3) is 0 Å². The molecule has 0 saturated heterocycles. The Morgan fingerprint density at radius 3 is 2.67 bits per heavy atom. The Morgan fingerprint density at radius 1 is 1.43 bits per heavy atom. The first-order chi connectivity index (χ1) is 9.76. The highest BCUT2D eigenvalue weighted by molar-refractivity contribution is 9.10. The molecule has 0 unspecified atom stereocenters. The van der Waals surface area contributed by atoms with E-state index in [1.165, 1.54) is 10.7 Å². The molecule has 0 radical (unpaired) electrons. The Kier molecular flexibility index (Phi) is 4.65. The average Bonchev–Trinajstić information content (AvgIpc) is 2.68. The highest BCUT2D eigenvalue weighted by Gasteiger charge is 2.24. The van der Waals surface area contributed by atoms with Crippen molar-refractivity contribution in [3.05, 3.63) is 39.1 Å². The summed E-state index contributed by atoms with van der Waals surface area (Å²) in [6.45, 7) is 1.92. The molecule has 0 saturated carbocycles. The minimum absolute atomic E-state index is 0.0900. The van der Waals surface area contributed by atoms with Gasteiger partial charge in [0.1, 0.15) is 0 Å². The number of sulfone groups is 1. The van der Waals surface area contributed by atoms with Crippen LogP contribution in [0.25, 0.3) is 0 Å². The molecular weight excluding hydrogens is 378 g/mol. The predicted octanol–water partition coefficient (Wildman–Crippen LogP) is 2.95. The first-order valence-corrected chi connectivity index (χ1v) is 9.06. The molecule has 2 aromatic rings. The summed E-state index contributed by atoms with van der Waals surface area (Å²) in [5, 5.41) is 4.63. The molecule has 0 bridgehead atoms. The minimum atomic E-state index is -3.61. The van der Waals surface area contributed by atoms with Crippen LogP contribution in [-0.4, -0.2) is 18.2 Å². The van der Waals surface area contributed by atoms with Crippen LogP contribution in [0.2, 0.25) is 5.02 Å². The highest BCUT2D eigenvalue weighted by atomic mass is 79.9. The smallest absolute Gasteiger partial charge is 0.186 e. The molecule has 1 heterocycles. The van der Waals surface area contributed by atoms with Crippen molar-refractivity contribution >= 4 is 43.1 Å². The van der Waals surface area contributed by atoms with E-state index in [4.69, 9.17) is 17.3 Å². The van der Waals surface area contributed by atoms with Crippen molar-refractivity contribution in [2.24, 2.45) is 7.05 Å². The quantitative estimate of drug-likeness (QED) is 0.811. The molecule has 0 aliphatic carbocycles. The number of hydrogen-bond donors (Lipinski definition) is 1. The monoisotopic (exact) mass is 391 g/mol. The Hall–Kier alpha value is -1.05. The average molecular weight is 393 g/mol. The van der Waals surface area contributed by atoms with Gasteiger partial charge in [-0.15, -0.1) is 0 Å². The number of benzene rings is 1. The third kappa shape index (κ3) is 3.25. The molecule has 2 rings (SSSR count). The molecular formula is C13H15BrClN3O2S. The van der Waals surface area contributed by atoms with Gasteiger partial charge in [-0.05, 0) is 24.6 Å². The van der Waals surface area contributed by atoms with Gasteiger partial charge in [-0.1, -0.05) is 34.5 Å². The fourth-order valence-corrected chi connectivity index (χ4v) is 4.54. The molecule has 1 aromatic heterocycles. The molecule has 0 spiro atoms. The normalized spacial score (nSPS) is 11.8. The summed E-state index contributed by atoms with van der Waals surface area (Å²) < 4.78 is 27.3. The number of hydrogen-bond acceptors (Lipinski definition) is 4. The number of nitrogens with zero attached hydrogens (tertiary/aromatic N) is 2. The molecule has 2 N–H and O–H groups in total. The van der Waals surface area contributed by atoms with Crippen LogP contribution in [0.4, 0.5) is 5.69 Å². The molecule has 114 valence electrons. The largest absolute Gasteiger partial charge is 0.398 e. The van der Waals surface area contributed by atoms with Crippen molar-refractivity contribution in [1.82, 2.24) is 9.78 Å². The molecule has 0 fully saturated rings. The maximum absolute atomic E-state index is 12.6. The van der Waals surface area contributed by atoms with Gasteiger partial charge in [0.2, 0.25) is 0 Å². The van der Waals surface area contributed by atoms with E-state index in [-0.39, 0.29) is 16.3 Å². The number of halogens is 2. The van der Waals surface area contributed by atoms with E-state index in [1.807, 2.05) is 6.92 Å². The minimum Gasteiger partial charge on any atom is -0.398 e. The van der Waals surface area contributed by atoms with Crippen LogP contribution in [0.3, 0.4) is 0 Å². The van der Waals surface area contributed by atoms with Crippen molar-refractivity contribution < 1.29 is 8.42 Å². The van der Waals surface area contributed by atoms with Crippen molar-refractivity contribution in [3.8, 4) is 0 Å². The van der Waals surface area contributed by atoms with Crippen LogP contribution >= 0.6 is 27.5 Å². The van der Waals surface area contributed by atoms with Crippen molar-refractivity contribution in [3.63, 3.8) is 0 Å². The zero-order valence-corrected chi connectivity index (χ0v) is 14.8. The van der Waals surface area contributed by atoms with E-state index in [0.29, 0.717) is 27.3 Å². The SMILES string of the molecule is CCc1nn(C)c(CS(=O)(=O)c2cc(Br)ccc2N)c1Cl. The fraction of sp³-hybridized carbons (Fsp3) is 0.308. The van der Waals surface area contributed by atoms with Crippen molar-refractivity contribution in [2.75, 3.05) is 5.73 Å². The van der Waals surface area contributed by atoms with E-state index in [0.717, 1.165) is 0 Å². The first kappa shape index (κ1) is 16.3. The second-order valence-electron chi connectivity index (χ2n) is 4.63. The van der Waals surface area contributed by atoms with Crippen LogP contribution in [0, 0.1) is 0 Å². The fourth-order valence-electron chi connectivity index (χ4n) is 2.01. The molecule has 1 aromatic carbocycles. The van der Waals surface area contributed by atoms with Gasteiger partial charge in [0.05, 0.1) is 32.7 Å². The first-order valence-electron chi connectivity index (χ1n) is 6.24. The molecule has 0 amide bonds. The van der Waals surface area contributed by atoms with Gasteiger partial charge in [0.15, 0.2) is 9.84 Å². The highest BCUT2D eigenvalue weighted by Crippen LogP contribution is 2.29. The van der Waals surface area contributed by atoms with E-state index >= 15 is 0 Å². The molecule has 21 heavy (non-hydrogen) atoms. The zero-order chi connectivity index (χ0) is 15.8. The lowest BCUT2D eigenvalue weighted by atomic mass is 10.3. The number of nitrogen functional groups attached to an aromatic ring is 1. The summed E-state index contributed by atoms with van der Waals surface area (Å²) >= 11 is 9.46. The summed E-state index contributed by atoms with van der Waals surface area (Å²) in [6, 6.07) is 4.75. The maximum Gasteiger partial charge on any atom is 0.186 e. The van der Waals surface area contributed by atoms with Gasteiger partial charge in [-0.2, -0.15) is 5.10 Å². The lowest BCUT2D eigenvalue weighted by molar-refractivity contribution is 0.592. The van der Waals surface area contributed by atoms with Gasteiger partial charge in [-0.3, -0.25) is 4.68 Å². The molecule has 5 nitrogen and oxygen atoms in total. The second-order valence-corrected chi connectivity index (χ2v) is 7.88. The van der Waals surface area contributed by atoms with Gasteiger partial charge < -0.3 is 5.73 Å². The van der Waals surface area contributed by atoms with Crippen molar-refractivity contribution in [2.45, 2.75) is 24.0 Å².